The summed E-state index contributed by atoms with van der Waals surface area (Å²) in [6.45, 7) is 0.910. The lowest BCUT2D eigenvalue weighted by Crippen LogP contribution is -2.36. The van der Waals surface area contributed by atoms with Gasteiger partial charge in [0.2, 0.25) is 0 Å². The molecule has 1 heterocycles. The number of para-hydroxylation sites is 1. The summed E-state index contributed by atoms with van der Waals surface area (Å²) >= 11 is 0. The van der Waals surface area contributed by atoms with E-state index < -0.39 is 0 Å². The zero-order valence-electron chi connectivity index (χ0n) is 13.3. The van der Waals surface area contributed by atoms with Crippen molar-refractivity contribution >= 4 is 16.9 Å². The number of benzene rings is 2. The summed E-state index contributed by atoms with van der Waals surface area (Å²) in [5.41, 5.74) is 3.27. The number of carbonyl (C=O) groups is 1. The Balaban J connectivity index is 1.41. The number of rotatable bonds is 4. The van der Waals surface area contributed by atoms with Crippen LogP contribution in [0.2, 0.25) is 0 Å². The van der Waals surface area contributed by atoms with Gasteiger partial charge < -0.3 is 15.6 Å². The molecule has 3 N–H and O–H groups in total. The second kappa shape index (κ2) is 7.89. The molecule has 3 aromatic rings. The van der Waals surface area contributed by atoms with Gasteiger partial charge in [0.1, 0.15) is 0 Å². The maximum atomic E-state index is 11.7. The first kappa shape index (κ1) is 15.7. The predicted octanol–water partition coefficient (Wildman–Crippen LogP) is 3.06. The van der Waals surface area contributed by atoms with E-state index in [9.17, 15) is 4.79 Å². The smallest absolute Gasteiger partial charge is 0.315 e. The number of H-pyrrole nitrogens is 1. The fourth-order valence-electron chi connectivity index (χ4n) is 2.50. The van der Waals surface area contributed by atoms with Gasteiger partial charge in [-0.05, 0) is 30.2 Å². The van der Waals surface area contributed by atoms with E-state index in [4.69, 9.17) is 0 Å². The Morgan fingerprint density at radius 1 is 1.00 bits per heavy atom. The van der Waals surface area contributed by atoms with Crippen LogP contribution in [0.25, 0.3) is 10.9 Å². The molecule has 0 saturated heterocycles. The average Bonchev–Trinajstić information content (AvgIpc) is 3.03. The van der Waals surface area contributed by atoms with Gasteiger partial charge in [0, 0.05) is 29.2 Å². The molecule has 2 aromatic carbocycles. The van der Waals surface area contributed by atoms with Crippen LogP contribution in [-0.2, 0) is 6.42 Å². The maximum absolute atomic E-state index is 11.7. The molecule has 1 aromatic heterocycles. The van der Waals surface area contributed by atoms with Crippen molar-refractivity contribution in [3.8, 4) is 11.8 Å². The first-order chi connectivity index (χ1) is 11.8. The van der Waals surface area contributed by atoms with Crippen LogP contribution in [0, 0.1) is 11.8 Å². The largest absolute Gasteiger partial charge is 0.361 e. The Kier molecular flexibility index (Phi) is 5.16. The Hall–Kier alpha value is -3.19. The van der Waals surface area contributed by atoms with Gasteiger partial charge in [-0.25, -0.2) is 4.79 Å². The number of aromatic nitrogens is 1. The van der Waals surface area contributed by atoms with Gasteiger partial charge in [0.05, 0.1) is 6.54 Å². The van der Waals surface area contributed by atoms with Crippen molar-refractivity contribution in [3.05, 3.63) is 71.9 Å². The highest BCUT2D eigenvalue weighted by Crippen LogP contribution is 2.17. The van der Waals surface area contributed by atoms with E-state index >= 15 is 0 Å². The summed E-state index contributed by atoms with van der Waals surface area (Å²) in [7, 11) is 0. The van der Waals surface area contributed by atoms with Gasteiger partial charge in [-0.2, -0.15) is 0 Å². The standard InChI is InChI=1S/C20H19N3O/c24-20(21-13-6-9-16-7-2-1-3-8-16)22-14-12-17-15-23-19-11-5-4-10-18(17)19/h1-5,7-8,10-11,15,23H,12-14H2,(H2,21,22,24). The number of urea groups is 1. The van der Waals surface area contributed by atoms with E-state index in [-0.39, 0.29) is 6.03 Å². The first-order valence-electron chi connectivity index (χ1n) is 7.93. The van der Waals surface area contributed by atoms with E-state index in [1.54, 1.807) is 0 Å². The number of carbonyl (C=O) groups excluding carboxylic acids is 1. The lowest BCUT2D eigenvalue weighted by atomic mass is 10.1. The fourth-order valence-corrected chi connectivity index (χ4v) is 2.50. The highest BCUT2D eigenvalue weighted by atomic mass is 16.2. The number of amides is 2. The zero-order chi connectivity index (χ0) is 16.6. The van der Waals surface area contributed by atoms with Crippen molar-refractivity contribution in [2.45, 2.75) is 6.42 Å². The minimum absolute atomic E-state index is 0.197. The Labute approximate surface area is 141 Å². The van der Waals surface area contributed by atoms with Crippen molar-refractivity contribution in [1.29, 1.82) is 0 Å². The molecule has 0 aliphatic heterocycles. The third kappa shape index (κ3) is 4.17. The molecule has 0 aliphatic carbocycles. The van der Waals surface area contributed by atoms with Crippen molar-refractivity contribution < 1.29 is 4.79 Å². The van der Waals surface area contributed by atoms with Crippen LogP contribution in [0.1, 0.15) is 11.1 Å². The van der Waals surface area contributed by atoms with E-state index in [2.05, 4.69) is 33.5 Å². The van der Waals surface area contributed by atoms with Gasteiger partial charge in [-0.15, -0.1) is 0 Å². The number of aromatic amines is 1. The van der Waals surface area contributed by atoms with Crippen LogP contribution in [0.15, 0.2) is 60.8 Å². The van der Waals surface area contributed by atoms with Crippen LogP contribution in [0.4, 0.5) is 4.79 Å². The van der Waals surface area contributed by atoms with Crippen LogP contribution < -0.4 is 10.6 Å². The topological polar surface area (TPSA) is 56.9 Å². The number of nitrogens with one attached hydrogen (secondary N) is 3. The fraction of sp³-hybridized carbons (Fsp3) is 0.150. The molecule has 4 nitrogen and oxygen atoms in total. The zero-order valence-corrected chi connectivity index (χ0v) is 13.3. The normalized spacial score (nSPS) is 10.0. The molecule has 0 aliphatic rings. The molecule has 4 heteroatoms. The van der Waals surface area contributed by atoms with Crippen LogP contribution in [0.3, 0.4) is 0 Å². The molecular weight excluding hydrogens is 298 g/mol. The Morgan fingerprint density at radius 3 is 2.67 bits per heavy atom. The van der Waals surface area contributed by atoms with E-state index in [1.165, 1.54) is 10.9 Å². The van der Waals surface area contributed by atoms with E-state index in [0.29, 0.717) is 13.1 Å². The molecule has 120 valence electrons. The average molecular weight is 317 g/mol. The van der Waals surface area contributed by atoms with Crippen LogP contribution in [0.5, 0.6) is 0 Å². The van der Waals surface area contributed by atoms with Crippen molar-refractivity contribution in [3.63, 3.8) is 0 Å². The van der Waals surface area contributed by atoms with Crippen molar-refractivity contribution in [1.82, 2.24) is 15.6 Å². The molecule has 0 fully saturated rings. The van der Waals surface area contributed by atoms with Gasteiger partial charge in [0.15, 0.2) is 0 Å². The molecule has 2 amide bonds. The molecule has 24 heavy (non-hydrogen) atoms. The van der Waals surface area contributed by atoms with Gasteiger partial charge >= 0.3 is 6.03 Å². The monoisotopic (exact) mass is 317 g/mol. The summed E-state index contributed by atoms with van der Waals surface area (Å²) in [4.78, 5) is 15.0. The van der Waals surface area contributed by atoms with Crippen molar-refractivity contribution in [2.75, 3.05) is 13.1 Å². The van der Waals surface area contributed by atoms with Crippen LogP contribution in [-0.4, -0.2) is 24.1 Å². The summed E-state index contributed by atoms with van der Waals surface area (Å²) < 4.78 is 0. The first-order valence-corrected chi connectivity index (χ1v) is 7.93. The molecule has 0 spiro atoms. The van der Waals surface area contributed by atoms with Gasteiger partial charge in [-0.3, -0.25) is 0 Å². The molecule has 0 unspecified atom stereocenters. The molecule has 0 radical (unpaired) electrons. The van der Waals surface area contributed by atoms with Crippen LogP contribution >= 0.6 is 0 Å². The summed E-state index contributed by atoms with van der Waals surface area (Å²) in [6, 6.07) is 17.7. The molecule has 0 bridgehead atoms. The number of hydrogen-bond donors (Lipinski definition) is 3. The highest BCUT2D eigenvalue weighted by molar-refractivity contribution is 5.83. The quantitative estimate of drug-likeness (QED) is 0.636. The number of fused-ring (bicyclic) bond motifs is 1. The Bertz CT molecular complexity index is 872. The van der Waals surface area contributed by atoms with E-state index in [1.807, 2.05) is 54.7 Å². The second-order valence-electron chi connectivity index (χ2n) is 5.39. The minimum atomic E-state index is -0.197. The molecule has 0 saturated carbocycles. The summed E-state index contributed by atoms with van der Waals surface area (Å²) in [5, 5.41) is 6.79. The maximum Gasteiger partial charge on any atom is 0.315 e. The van der Waals surface area contributed by atoms with Gasteiger partial charge in [-0.1, -0.05) is 48.2 Å². The lowest BCUT2D eigenvalue weighted by Gasteiger charge is -2.04. The van der Waals surface area contributed by atoms with E-state index in [0.717, 1.165) is 17.5 Å². The molecule has 0 atom stereocenters. The molecular formula is C20H19N3O. The SMILES string of the molecule is O=C(NCC#Cc1ccccc1)NCCc1c[nH]c2ccccc12. The lowest BCUT2D eigenvalue weighted by molar-refractivity contribution is 0.242. The minimum Gasteiger partial charge on any atom is -0.361 e. The molecule has 3 rings (SSSR count). The predicted molar refractivity (Wildman–Crippen MR) is 96.7 cm³/mol. The third-order valence-electron chi connectivity index (χ3n) is 3.70. The third-order valence-corrected chi connectivity index (χ3v) is 3.70. The second-order valence-corrected chi connectivity index (χ2v) is 5.39. The van der Waals surface area contributed by atoms with Gasteiger partial charge in [0.25, 0.3) is 0 Å². The highest BCUT2D eigenvalue weighted by Gasteiger charge is 2.03. The summed E-state index contributed by atoms with van der Waals surface area (Å²) in [6.07, 6.45) is 2.78. The summed E-state index contributed by atoms with van der Waals surface area (Å²) in [5.74, 6) is 5.94. The number of hydrogen-bond acceptors (Lipinski definition) is 1. The Morgan fingerprint density at radius 2 is 1.79 bits per heavy atom. The van der Waals surface area contributed by atoms with Crippen molar-refractivity contribution in [2.24, 2.45) is 0 Å².